The van der Waals surface area contributed by atoms with Crippen LogP contribution in [0.4, 0.5) is 13.2 Å². The maximum absolute atomic E-state index is 12.9. The van der Waals surface area contributed by atoms with Crippen LogP contribution in [0.25, 0.3) is 0 Å². The molecule has 1 saturated carbocycles. The van der Waals surface area contributed by atoms with Gasteiger partial charge >= 0.3 is 6.18 Å². The van der Waals surface area contributed by atoms with Gasteiger partial charge in [-0.2, -0.15) is 18.3 Å². The molecule has 0 aromatic carbocycles. The summed E-state index contributed by atoms with van der Waals surface area (Å²) in [5.41, 5.74) is 1.09. The predicted octanol–water partition coefficient (Wildman–Crippen LogP) is 2.87. The molecule has 1 heterocycles. The first-order chi connectivity index (χ1) is 11.4. The zero-order valence-electron chi connectivity index (χ0n) is 14.2. The van der Waals surface area contributed by atoms with Crippen LogP contribution in [0.3, 0.4) is 0 Å². The molecular weight excluding hydrogens is 319 g/mol. The summed E-state index contributed by atoms with van der Waals surface area (Å²) in [5.74, 6) is -0.632. The summed E-state index contributed by atoms with van der Waals surface area (Å²) in [7, 11) is 0. The summed E-state index contributed by atoms with van der Waals surface area (Å²) >= 11 is 0. The van der Waals surface area contributed by atoms with E-state index in [1.165, 1.54) is 0 Å². The van der Waals surface area contributed by atoms with Crippen molar-refractivity contribution in [1.82, 2.24) is 20.4 Å². The number of guanidine groups is 1. The van der Waals surface area contributed by atoms with Crippen LogP contribution in [-0.2, 0) is 6.54 Å². The first-order valence-corrected chi connectivity index (χ1v) is 8.49. The van der Waals surface area contributed by atoms with Gasteiger partial charge in [0, 0.05) is 18.8 Å². The third-order valence-corrected chi connectivity index (χ3v) is 4.18. The molecule has 2 N–H and O–H groups in total. The fourth-order valence-electron chi connectivity index (χ4n) is 2.99. The average molecular weight is 345 g/mol. The molecule has 0 bridgehead atoms. The molecule has 24 heavy (non-hydrogen) atoms. The van der Waals surface area contributed by atoms with E-state index in [1.807, 2.05) is 24.7 Å². The van der Waals surface area contributed by atoms with Gasteiger partial charge in [-0.25, -0.2) is 0 Å². The molecule has 0 spiro atoms. The third-order valence-electron chi connectivity index (χ3n) is 4.18. The number of nitrogens with zero attached hydrogens (tertiary/aromatic N) is 3. The monoisotopic (exact) mass is 345 g/mol. The lowest BCUT2D eigenvalue weighted by atomic mass is 9.85. The molecule has 2 rings (SSSR count). The molecule has 8 heteroatoms. The molecule has 1 aliphatic rings. The molecule has 2 unspecified atom stereocenters. The number of halogens is 3. The largest absolute Gasteiger partial charge is 0.391 e. The van der Waals surface area contributed by atoms with E-state index in [0.29, 0.717) is 32.0 Å². The van der Waals surface area contributed by atoms with Crippen molar-refractivity contribution in [3.63, 3.8) is 0 Å². The predicted molar refractivity (Wildman–Crippen MR) is 87.9 cm³/mol. The van der Waals surface area contributed by atoms with E-state index in [1.54, 1.807) is 6.20 Å². The Morgan fingerprint density at radius 3 is 2.83 bits per heavy atom. The van der Waals surface area contributed by atoms with Crippen molar-refractivity contribution in [2.24, 2.45) is 10.9 Å². The van der Waals surface area contributed by atoms with Crippen molar-refractivity contribution in [1.29, 1.82) is 0 Å². The lowest BCUT2D eigenvalue weighted by molar-refractivity contribution is -0.183. The second-order valence-electron chi connectivity index (χ2n) is 6.29. The lowest BCUT2D eigenvalue weighted by Crippen LogP contribution is -2.47. The Morgan fingerprint density at radius 2 is 2.21 bits per heavy atom. The zero-order valence-corrected chi connectivity index (χ0v) is 14.2. The molecule has 5 nitrogen and oxygen atoms in total. The van der Waals surface area contributed by atoms with Gasteiger partial charge in [0.2, 0.25) is 0 Å². The van der Waals surface area contributed by atoms with Crippen molar-refractivity contribution in [3.05, 3.63) is 18.0 Å². The highest BCUT2D eigenvalue weighted by Crippen LogP contribution is 2.37. The van der Waals surface area contributed by atoms with E-state index in [9.17, 15) is 13.2 Å². The molecule has 1 fully saturated rings. The summed E-state index contributed by atoms with van der Waals surface area (Å²) in [4.78, 5) is 4.45. The number of nitrogens with one attached hydrogen (secondary N) is 2. The molecule has 0 amide bonds. The molecule has 0 aliphatic heterocycles. The van der Waals surface area contributed by atoms with Gasteiger partial charge in [-0.3, -0.25) is 9.67 Å². The van der Waals surface area contributed by atoms with E-state index in [2.05, 4.69) is 20.7 Å². The van der Waals surface area contributed by atoms with Crippen LogP contribution < -0.4 is 10.6 Å². The first kappa shape index (κ1) is 18.6. The molecule has 1 aromatic rings. The maximum atomic E-state index is 12.9. The molecule has 0 radical (unpaired) electrons. The third kappa shape index (κ3) is 5.72. The maximum Gasteiger partial charge on any atom is 0.391 e. The van der Waals surface area contributed by atoms with Crippen molar-refractivity contribution < 1.29 is 13.2 Å². The van der Waals surface area contributed by atoms with Gasteiger partial charge in [0.1, 0.15) is 0 Å². The van der Waals surface area contributed by atoms with Crippen LogP contribution >= 0.6 is 0 Å². The van der Waals surface area contributed by atoms with Crippen molar-refractivity contribution in [2.45, 2.75) is 58.3 Å². The van der Waals surface area contributed by atoms with Gasteiger partial charge in [0.05, 0.1) is 25.2 Å². The number of aliphatic imine (C=N–C) groups is 1. The number of aromatic nitrogens is 2. The minimum absolute atomic E-state index is 0.117. The molecule has 136 valence electrons. The van der Waals surface area contributed by atoms with E-state index in [4.69, 9.17) is 0 Å². The standard InChI is InChI=1S/C16H26F3N5/c1-3-20-15(21-7-8-24-11-12(2)10-22-24)23-14-6-4-5-13(9-14)16(17,18)19/h10-11,13-14H,3-9H2,1-2H3,(H2,20,21,23). The SMILES string of the molecule is CCNC(=NCCn1cc(C)cn1)NC1CCCC(C(F)(F)F)C1. The smallest absolute Gasteiger partial charge is 0.357 e. The Hall–Kier alpha value is -1.73. The molecule has 0 saturated heterocycles. The van der Waals surface area contributed by atoms with Crippen molar-refractivity contribution in [2.75, 3.05) is 13.1 Å². The van der Waals surface area contributed by atoms with E-state index >= 15 is 0 Å². The molecular formula is C16H26F3N5. The zero-order chi connectivity index (χ0) is 17.6. The van der Waals surface area contributed by atoms with Gasteiger partial charge in [0.15, 0.2) is 5.96 Å². The summed E-state index contributed by atoms with van der Waals surface area (Å²) < 4.78 is 40.5. The molecule has 1 aliphatic carbocycles. The van der Waals surface area contributed by atoms with Gasteiger partial charge in [-0.15, -0.1) is 0 Å². The Morgan fingerprint density at radius 1 is 1.42 bits per heavy atom. The normalized spacial score (nSPS) is 22.5. The van der Waals surface area contributed by atoms with Crippen LogP contribution in [0.2, 0.25) is 0 Å². The average Bonchev–Trinajstić information content (AvgIpc) is 2.92. The van der Waals surface area contributed by atoms with Crippen LogP contribution in [0, 0.1) is 12.8 Å². The van der Waals surface area contributed by atoms with E-state index in [0.717, 1.165) is 12.0 Å². The Bertz CT molecular complexity index is 538. The van der Waals surface area contributed by atoms with Gasteiger partial charge < -0.3 is 10.6 Å². The fourth-order valence-corrected chi connectivity index (χ4v) is 2.99. The number of alkyl halides is 3. The van der Waals surface area contributed by atoms with Crippen molar-refractivity contribution >= 4 is 5.96 Å². The van der Waals surface area contributed by atoms with Crippen molar-refractivity contribution in [3.8, 4) is 0 Å². The van der Waals surface area contributed by atoms with Gasteiger partial charge in [-0.05, 0) is 38.7 Å². The second-order valence-corrected chi connectivity index (χ2v) is 6.29. The number of hydrogen-bond donors (Lipinski definition) is 2. The highest BCUT2D eigenvalue weighted by Gasteiger charge is 2.42. The Labute approximate surface area is 140 Å². The minimum atomic E-state index is -4.10. The highest BCUT2D eigenvalue weighted by molar-refractivity contribution is 5.80. The van der Waals surface area contributed by atoms with Gasteiger partial charge in [-0.1, -0.05) is 6.42 Å². The van der Waals surface area contributed by atoms with Crippen LogP contribution in [0.15, 0.2) is 17.4 Å². The minimum Gasteiger partial charge on any atom is -0.357 e. The Balaban J connectivity index is 1.88. The van der Waals surface area contributed by atoms with Crippen LogP contribution in [-0.4, -0.2) is 41.0 Å². The second kappa shape index (κ2) is 8.39. The summed E-state index contributed by atoms with van der Waals surface area (Å²) in [6.07, 6.45) is 1.30. The highest BCUT2D eigenvalue weighted by atomic mass is 19.4. The summed E-state index contributed by atoms with van der Waals surface area (Å²) in [5, 5.41) is 10.5. The lowest BCUT2D eigenvalue weighted by Gasteiger charge is -2.31. The van der Waals surface area contributed by atoms with Gasteiger partial charge in [0.25, 0.3) is 0 Å². The summed E-state index contributed by atoms with van der Waals surface area (Å²) in [6.45, 7) is 5.74. The quantitative estimate of drug-likeness (QED) is 0.637. The van der Waals surface area contributed by atoms with Crippen LogP contribution in [0.5, 0.6) is 0 Å². The number of rotatable bonds is 5. The molecule has 2 atom stereocenters. The first-order valence-electron chi connectivity index (χ1n) is 8.49. The van der Waals surface area contributed by atoms with E-state index < -0.39 is 12.1 Å². The van der Waals surface area contributed by atoms with E-state index in [-0.39, 0.29) is 18.9 Å². The van der Waals surface area contributed by atoms with Crippen LogP contribution in [0.1, 0.15) is 38.2 Å². The Kier molecular flexibility index (Phi) is 6.51. The number of aryl methyl sites for hydroxylation is 1. The fraction of sp³-hybridized carbons (Fsp3) is 0.750. The molecule has 1 aromatic heterocycles. The topological polar surface area (TPSA) is 54.2 Å². The number of hydrogen-bond acceptors (Lipinski definition) is 2. The summed E-state index contributed by atoms with van der Waals surface area (Å²) in [6, 6.07) is -0.185.